The van der Waals surface area contributed by atoms with Crippen molar-refractivity contribution >= 4 is 56.5 Å². The second kappa shape index (κ2) is 259. The molecule has 6 aliphatic heterocycles. The largest absolute Gasteiger partial charge is 0.359 e. The molecular formula is C44H41N8Y69-3. The second-order valence-electron chi connectivity index (χ2n) is 12.1. The molecule has 12 rings (SSSR count). The Morgan fingerprint density at radius 1 is 0.223 bits per heavy atom. The maximum absolute atomic E-state index is 5.49. The first-order chi connectivity index (χ1) is 25.6. The molecule has 121 heavy (non-hydrogen) atoms. The minimum atomic E-state index is -1.05. The smallest absolute Gasteiger partial charge is 0.260 e. The average Bonchev–Trinajstić information content (AvgIpc) is 3.92. The predicted octanol–water partition coefficient (Wildman–Crippen LogP) is 7.57. The van der Waals surface area contributed by atoms with E-state index in [-0.39, 0.29) is 2260 Å². The fourth-order valence-electron chi connectivity index (χ4n) is 8.23. The van der Waals surface area contributed by atoms with Gasteiger partial charge in [-0.2, -0.15) is 21.1 Å². The van der Waals surface area contributed by atoms with Gasteiger partial charge in [0.05, 0.1) is 11.3 Å². The van der Waals surface area contributed by atoms with Gasteiger partial charge in [0.1, 0.15) is 23.0 Å². The molecule has 0 unspecified atom stereocenters. The van der Waals surface area contributed by atoms with Crippen LogP contribution in [0.5, 0.6) is 0 Å². The molecule has 0 N–H and O–H groups in total. The third-order valence-corrected chi connectivity index (χ3v) is 9.94. The Bertz CT molecular complexity index is 2920. The van der Waals surface area contributed by atoms with Gasteiger partial charge in [0, 0.05) is 2260 Å². The summed E-state index contributed by atoms with van der Waals surface area (Å²) in [6.45, 7) is 22.4. The van der Waals surface area contributed by atoms with E-state index in [1.54, 1.807) is 0 Å². The summed E-state index contributed by atoms with van der Waals surface area (Å²) in [6, 6.07) is 33.7. The molecule has 4 aromatic carbocycles. The molecule has 0 aliphatic carbocycles. The first-order valence-corrected chi connectivity index (χ1v) is 18.6. The van der Waals surface area contributed by atoms with Gasteiger partial charge < -0.3 is 0 Å². The van der Waals surface area contributed by atoms with Gasteiger partial charge in [0.25, 0.3) is 0 Å². The number of aromatic nitrogens is 2. The number of amidine groups is 4. The number of nitrogens with zero attached hydrogens (tertiary/aromatic N) is 8. The molecule has 0 amide bonds. The van der Waals surface area contributed by atoms with Crippen LogP contribution in [0, 0.1) is 51.1 Å². The molecule has 467 valence electrons. The summed E-state index contributed by atoms with van der Waals surface area (Å²) >= 11 is 0. The summed E-state index contributed by atoms with van der Waals surface area (Å²) in [4.78, 5) is 21.7. The van der Waals surface area contributed by atoms with Crippen LogP contribution in [0.15, 0.2) is 68.5 Å². The summed E-state index contributed by atoms with van der Waals surface area (Å²) in [5.74, 6) is 3.80. The van der Waals surface area contributed by atoms with E-state index in [1.165, 1.54) is 0 Å². The van der Waals surface area contributed by atoms with E-state index in [0.717, 1.165) is 106 Å². The molecule has 1 atom stereocenters. The molecule has 0 saturated carbocycles. The van der Waals surface area contributed by atoms with Crippen molar-refractivity contribution in [2.45, 2.75) is 82.1 Å². The fourth-order valence-corrected chi connectivity index (χ4v) is 8.23. The molecule has 6 aliphatic rings. The van der Waals surface area contributed by atoms with Gasteiger partial charge in [0.15, 0.2) is 5.84 Å². The van der Waals surface area contributed by atoms with Gasteiger partial charge in [-0.1, -0.05) is 103 Å². The quantitative estimate of drug-likeness (QED) is 0.112. The van der Waals surface area contributed by atoms with Crippen LogP contribution in [0.3, 0.4) is 0 Å². The molecule has 8 nitrogen and oxygen atoms in total. The van der Waals surface area contributed by atoms with Crippen LogP contribution in [0.25, 0.3) is 21.5 Å². The van der Waals surface area contributed by atoms with Gasteiger partial charge in [-0.15, -0.1) is 76.3 Å². The molecule has 1 spiro atoms. The number of fused-ring (bicyclic) bond motifs is 12. The van der Waals surface area contributed by atoms with Gasteiger partial charge in [-0.25, -0.2) is 33.8 Å². The minimum absolute atomic E-state index is 0. The van der Waals surface area contributed by atoms with Crippen LogP contribution in [0.4, 0.5) is 11.6 Å². The Labute approximate surface area is 2470 Å². The Morgan fingerprint density at radius 2 is 0.471 bits per heavy atom. The Hall–Kier alpha value is 70.4. The second-order valence-corrected chi connectivity index (χ2v) is 12.1. The Kier molecular flexibility index (Phi) is 887. The van der Waals surface area contributed by atoms with Crippen LogP contribution >= 0.6 is 0 Å². The molecule has 77 heteroatoms. The molecule has 0 saturated heterocycles. The van der Waals surface area contributed by atoms with Crippen LogP contribution in [-0.2, 0) is 2260 Å². The van der Waals surface area contributed by atoms with Gasteiger partial charge in [-0.3, -0.25) is 13.7 Å². The van der Waals surface area contributed by atoms with E-state index in [4.69, 9.17) is 20.0 Å². The number of aryl methyl sites for hydroxylation is 3. The third-order valence-electron chi connectivity index (χ3n) is 9.94. The summed E-state index contributed by atoms with van der Waals surface area (Å²) < 4.78 is 9.11. The molecule has 0 fully saturated rings. The first-order valence-electron chi connectivity index (χ1n) is 18.6. The zero-order chi connectivity index (χ0) is 36.8. The molecule has 8 heterocycles. The SMILES string of the molecule is CC.CC.CC.CC.Cc1cc[c-]c2c1C1=Nc3c4[c-]ccc(C)c4c4n3[C@@]35n6c(c7[c-]ccc(C)c7c6=N4)=NC4=[N+]3C(=NC2=[N+]15)c1[c-]cc[c-]c14.[Y].[Y].[Y].[Y].[Y].[Y].[Y].[Y].[Y].[Y].[Y].[Y].[Y].[Y].[Y].[Y].[Y].[Y].[Y].[Y].[Y].[Y].[Y].[Y].[Y].[Y].[Y].[Y].[Y].[Y].[Y].[Y].[Y].[Y].[Y].[Y].[Y].[Y].[Y].[Y].[Y].[Y].[Y].[Y].[Y].[Y].[Y].[Y].[Y].[Y].[Y].[Y].[Y].[Y].[Y].[Y].[Y].[Y].[Y].[Y].[Y].[Y].[Y].[Y].[Y].[Y].[Y].[Y].[Y]. The van der Waals surface area contributed by atoms with E-state index in [9.17, 15) is 0 Å². The van der Waals surface area contributed by atoms with Crippen LogP contribution in [0.2, 0.25) is 0 Å². The molecule has 69 radical (unpaired) electrons. The number of aliphatic imine (C=N–C) groups is 2. The van der Waals surface area contributed by atoms with Gasteiger partial charge in [0.2, 0.25) is 5.84 Å². The average molecular weight is 6820 g/mol. The monoisotopic (exact) mass is 6820 g/mol. The van der Waals surface area contributed by atoms with Gasteiger partial charge >= 0.3 is 5.91 Å². The standard InChI is InChI=1S/C36H17N8.4C2H6.69Y/c1-17-9-6-14-22-25(17)33-39-32-24-16-8-11-19(3)27(24)35-40-34-26-18(2)10-7-15-23(26)31-38-29-21-13-5-4-12-20(21)28-37-30(22)42(33)36(41(28)29,43(31)34)44(32)35;4*1-2;;;;;;;;;;;;;;;;;;;;;;;;;;;;;;;;;;;;;;;;;;;;;;;;;;;;;;;;;;;;;;;;;;;;;/h4-11H,1-3H3;4*1-2H3;;;;;;;;;;;;;;;;;;;;;;;;;;;;;;;;;;;;;;;;;;;;;;;;;;;;;;;;;;;;;;;;;;;;;/q-3;;;;;;;;;;;;;;;;;;;;;;;;;;;;;;;;;;;;;;;;;;;;;;;;;;;;;;;;;;;;;;;;;;;;;;;;;/t36-;;;;;;;;;;;;;;;;;;;;;;;;;;;;;;;;;;;;;;;;;;;;;;;;;;;;;;;;;;;;;;;;;;;;;;;;;/m0........................................................................./s1. The van der Waals surface area contributed by atoms with E-state index in [0.29, 0.717) is 0 Å². The minimum Gasteiger partial charge on any atom is -0.260 e. The zero-order valence-corrected chi connectivity index (χ0v) is 267. The van der Waals surface area contributed by atoms with E-state index in [2.05, 4.69) is 87.6 Å². The normalized spacial score (nSPS) is 7.56. The zero-order valence-electron chi connectivity index (χ0n) is 71.5. The molecule has 6 aromatic rings. The molecular weight excluding hydrogens is 6780 g/mol. The third kappa shape index (κ3) is 131. The number of hydrogen-bond acceptors (Lipinski definition) is 4. The van der Waals surface area contributed by atoms with Crippen LogP contribution < -0.4 is 11.0 Å². The Balaban J connectivity index is -0.00000000735. The van der Waals surface area contributed by atoms with Crippen molar-refractivity contribution in [2.24, 2.45) is 20.0 Å². The predicted molar refractivity (Wildman–Crippen MR) is 207 cm³/mol. The van der Waals surface area contributed by atoms with Crippen molar-refractivity contribution in [3.8, 4) is 0 Å². The fraction of sp³-hybridized carbons (Fsp3) is 0.273. The molecule has 2 aromatic heterocycles. The number of benzene rings is 4. The van der Waals surface area contributed by atoms with Crippen molar-refractivity contribution in [3.05, 3.63) is 129 Å². The summed E-state index contributed by atoms with van der Waals surface area (Å²) in [7, 11) is 0. The van der Waals surface area contributed by atoms with Crippen LogP contribution in [-0.4, -0.2) is 41.6 Å². The van der Waals surface area contributed by atoms with Crippen molar-refractivity contribution in [1.82, 2.24) is 9.13 Å². The first kappa shape index (κ1) is 414. The van der Waals surface area contributed by atoms with E-state index in [1.807, 2.05) is 85.7 Å². The number of rotatable bonds is 0. The van der Waals surface area contributed by atoms with E-state index >= 15 is 0 Å². The van der Waals surface area contributed by atoms with E-state index < -0.39 is 5.91 Å². The van der Waals surface area contributed by atoms with Crippen molar-refractivity contribution < 1.29 is 2270 Å². The summed E-state index contributed by atoms with van der Waals surface area (Å²) in [5, 5.41) is 3.97. The van der Waals surface area contributed by atoms with Crippen molar-refractivity contribution in [1.29, 1.82) is 0 Å². The maximum Gasteiger partial charge on any atom is 0.359 e. The topological polar surface area (TPSA) is 65.3 Å². The summed E-state index contributed by atoms with van der Waals surface area (Å²) in [6.07, 6.45) is 0. The Morgan fingerprint density at radius 3 is 0.785 bits per heavy atom. The maximum atomic E-state index is 5.49. The molecule has 0 bridgehead atoms. The number of hydrogen-bond donors (Lipinski definition) is 0. The van der Waals surface area contributed by atoms with Crippen molar-refractivity contribution in [3.63, 3.8) is 0 Å². The van der Waals surface area contributed by atoms with Gasteiger partial charge in [-0.05, 0) is 5.56 Å². The van der Waals surface area contributed by atoms with Crippen LogP contribution in [0.1, 0.15) is 94.3 Å². The van der Waals surface area contributed by atoms with Crippen molar-refractivity contribution in [2.75, 3.05) is 0 Å². The summed E-state index contributed by atoms with van der Waals surface area (Å²) in [5.41, 5.74) is 8.73.